The molecule has 8 heteroatoms. The van der Waals surface area contributed by atoms with E-state index in [4.69, 9.17) is 9.15 Å². The van der Waals surface area contributed by atoms with Gasteiger partial charge in [-0.2, -0.15) is 0 Å². The molecule has 1 heterocycles. The molecule has 2 N–H and O–H groups in total. The number of hydrogen-bond acceptors (Lipinski definition) is 5. The lowest BCUT2D eigenvalue weighted by Crippen LogP contribution is -2.46. The van der Waals surface area contributed by atoms with Crippen LogP contribution >= 0.6 is 0 Å². The van der Waals surface area contributed by atoms with Crippen LogP contribution in [0.4, 0.5) is 4.79 Å². The van der Waals surface area contributed by atoms with Crippen molar-refractivity contribution in [2.45, 2.75) is 44.6 Å². The summed E-state index contributed by atoms with van der Waals surface area (Å²) >= 11 is 0. The summed E-state index contributed by atoms with van der Waals surface area (Å²) < 4.78 is 24.2. The third-order valence-electron chi connectivity index (χ3n) is 7.01. The molecule has 2 unspecified atom stereocenters. The van der Waals surface area contributed by atoms with Gasteiger partial charge in [-0.1, -0.05) is 97.1 Å². The largest absolute Gasteiger partial charge is 0.480 e. The number of para-hydroxylation sites is 1. The molecule has 0 saturated heterocycles. The summed E-state index contributed by atoms with van der Waals surface area (Å²) in [6.45, 7) is 5.05. The molecule has 44 heavy (non-hydrogen) atoms. The van der Waals surface area contributed by atoms with Gasteiger partial charge in [-0.25, -0.2) is 9.59 Å². The van der Waals surface area contributed by atoms with Crippen molar-refractivity contribution in [1.82, 2.24) is 5.32 Å². The Hall–Kier alpha value is -4.69. The van der Waals surface area contributed by atoms with Crippen LogP contribution in [0, 0.1) is 0 Å². The Morgan fingerprint density at radius 3 is 2.05 bits per heavy atom. The normalized spacial score (nSPS) is 12.9. The van der Waals surface area contributed by atoms with Crippen LogP contribution in [0.2, 0.25) is 0 Å². The summed E-state index contributed by atoms with van der Waals surface area (Å²) in [5, 5.41) is 12.9. The zero-order valence-corrected chi connectivity index (χ0v) is 25.7. The first-order valence-corrected chi connectivity index (χ1v) is 15.9. The molecule has 0 bridgehead atoms. The van der Waals surface area contributed by atoms with Gasteiger partial charge >= 0.3 is 12.1 Å². The lowest BCUT2D eigenvalue weighted by atomic mass is 9.96. The van der Waals surface area contributed by atoms with E-state index in [1.54, 1.807) is 20.8 Å². The number of nitrogens with one attached hydrogen (secondary N) is 1. The van der Waals surface area contributed by atoms with Crippen LogP contribution in [0.15, 0.2) is 108 Å². The highest BCUT2D eigenvalue weighted by molar-refractivity contribution is 7.84. The number of amides is 1. The molecule has 1 aromatic heterocycles. The quantitative estimate of drug-likeness (QED) is 0.169. The van der Waals surface area contributed by atoms with Crippen LogP contribution in [0.5, 0.6) is 0 Å². The fraction of sp³-hybridized carbons (Fsp3) is 0.222. The summed E-state index contributed by atoms with van der Waals surface area (Å²) in [5.41, 5.74) is 6.28. The summed E-state index contributed by atoms with van der Waals surface area (Å²) in [6, 6.07) is 33.1. The molecule has 4 aromatic carbocycles. The maximum absolute atomic E-state index is 12.8. The zero-order chi connectivity index (χ0) is 31.3. The first-order valence-electron chi connectivity index (χ1n) is 14.4. The summed E-state index contributed by atoms with van der Waals surface area (Å²) in [4.78, 5) is 23.7. The molecule has 0 spiro atoms. The van der Waals surface area contributed by atoms with E-state index in [-0.39, 0.29) is 11.5 Å². The highest BCUT2D eigenvalue weighted by atomic mass is 32.2. The van der Waals surface area contributed by atoms with Crippen LogP contribution in [0.3, 0.4) is 0 Å². The van der Waals surface area contributed by atoms with E-state index < -0.39 is 34.5 Å². The molecule has 5 rings (SSSR count). The van der Waals surface area contributed by atoms with Crippen molar-refractivity contribution in [2.24, 2.45) is 0 Å². The number of carboxylic acid groups (broad SMARTS) is 1. The van der Waals surface area contributed by atoms with E-state index >= 15 is 0 Å². The van der Waals surface area contributed by atoms with Crippen LogP contribution in [-0.2, 0) is 32.5 Å². The molecule has 0 aliphatic rings. The molecule has 226 valence electrons. The number of benzene rings is 4. The molecule has 7 nitrogen and oxygen atoms in total. The predicted molar refractivity (Wildman–Crippen MR) is 174 cm³/mol. The van der Waals surface area contributed by atoms with Gasteiger partial charge in [0.15, 0.2) is 0 Å². The van der Waals surface area contributed by atoms with Gasteiger partial charge < -0.3 is 19.6 Å². The van der Waals surface area contributed by atoms with Gasteiger partial charge in [-0.15, -0.1) is 0 Å². The fourth-order valence-electron chi connectivity index (χ4n) is 5.00. The van der Waals surface area contributed by atoms with Crippen LogP contribution in [-0.4, -0.2) is 38.8 Å². The highest BCUT2D eigenvalue weighted by Gasteiger charge is 2.26. The van der Waals surface area contributed by atoms with Crippen molar-refractivity contribution >= 4 is 33.8 Å². The molecule has 0 radical (unpaired) electrons. The lowest BCUT2D eigenvalue weighted by molar-refractivity contribution is -0.138. The predicted octanol–water partition coefficient (Wildman–Crippen LogP) is 7.58. The Morgan fingerprint density at radius 1 is 0.818 bits per heavy atom. The Labute approximate surface area is 259 Å². The minimum atomic E-state index is -1.52. The second-order valence-electron chi connectivity index (χ2n) is 11.6. The zero-order valence-electron chi connectivity index (χ0n) is 24.9. The number of ether oxygens (including phenoxy) is 1. The molecular weight excluding hydrogens is 574 g/mol. The number of furan rings is 1. The second-order valence-corrected chi connectivity index (χ2v) is 13.1. The van der Waals surface area contributed by atoms with E-state index in [2.05, 4.69) is 47.8 Å². The van der Waals surface area contributed by atoms with Gasteiger partial charge in [0.05, 0.1) is 5.75 Å². The first kappa shape index (κ1) is 30.8. The summed E-state index contributed by atoms with van der Waals surface area (Å²) in [5.74, 6) is -0.406. The average Bonchev–Trinajstić information content (AvgIpc) is 3.34. The maximum atomic E-state index is 12.8. The number of fused-ring (bicyclic) bond motifs is 1. The van der Waals surface area contributed by atoms with Crippen molar-refractivity contribution < 1.29 is 28.1 Å². The minimum absolute atomic E-state index is 0.163. The molecule has 0 fully saturated rings. The van der Waals surface area contributed by atoms with E-state index in [0.29, 0.717) is 6.42 Å². The number of aliphatic carboxylic acids is 1. The molecule has 2 atom stereocenters. The number of rotatable bonds is 10. The third kappa shape index (κ3) is 7.82. The Kier molecular flexibility index (Phi) is 9.30. The van der Waals surface area contributed by atoms with Gasteiger partial charge in [0.2, 0.25) is 0 Å². The van der Waals surface area contributed by atoms with Gasteiger partial charge in [-0.3, -0.25) is 4.21 Å². The number of carboxylic acids is 1. The maximum Gasteiger partial charge on any atom is 0.408 e. The number of carbonyl (C=O) groups is 2. The summed E-state index contributed by atoms with van der Waals surface area (Å²) in [6.07, 6.45) is -0.162. The molecule has 0 aliphatic heterocycles. The third-order valence-corrected chi connectivity index (χ3v) is 8.37. The monoisotopic (exact) mass is 609 g/mol. The van der Waals surface area contributed by atoms with Gasteiger partial charge in [0.1, 0.15) is 23.0 Å². The first-order chi connectivity index (χ1) is 21.1. The molecule has 0 aliphatic carbocycles. The summed E-state index contributed by atoms with van der Waals surface area (Å²) in [7, 11) is -1.52. The van der Waals surface area contributed by atoms with Crippen molar-refractivity contribution in [3.05, 3.63) is 120 Å². The van der Waals surface area contributed by atoms with Crippen molar-refractivity contribution in [1.29, 1.82) is 0 Å². The number of hydrogen-bond donors (Lipinski definition) is 2. The smallest absolute Gasteiger partial charge is 0.408 e. The van der Waals surface area contributed by atoms with E-state index in [0.717, 1.165) is 44.5 Å². The van der Waals surface area contributed by atoms with Crippen LogP contribution in [0.1, 0.15) is 37.7 Å². The Morgan fingerprint density at radius 2 is 1.41 bits per heavy atom. The van der Waals surface area contributed by atoms with Crippen LogP contribution < -0.4 is 5.32 Å². The average molecular weight is 610 g/mol. The highest BCUT2D eigenvalue weighted by Crippen LogP contribution is 2.37. The Bertz CT molecular complexity index is 1770. The van der Waals surface area contributed by atoms with Crippen LogP contribution in [0.25, 0.3) is 33.2 Å². The minimum Gasteiger partial charge on any atom is -0.480 e. The fourth-order valence-corrected chi connectivity index (χ4v) is 6.28. The van der Waals surface area contributed by atoms with Crippen molar-refractivity contribution in [2.75, 3.05) is 5.75 Å². The number of alkyl carbamates (subject to hydrolysis) is 1. The van der Waals surface area contributed by atoms with Crippen molar-refractivity contribution in [3.8, 4) is 22.3 Å². The van der Waals surface area contributed by atoms with Gasteiger partial charge in [-0.05, 0) is 54.7 Å². The lowest BCUT2D eigenvalue weighted by Gasteiger charge is -2.21. The molecule has 1 amide bonds. The van der Waals surface area contributed by atoms with E-state index in [9.17, 15) is 18.9 Å². The van der Waals surface area contributed by atoms with Gasteiger partial charge in [0.25, 0.3) is 0 Å². The number of carbonyl (C=O) groups excluding carboxylic acids is 1. The SMILES string of the molecule is CC(C)(C)OC(=O)NC(CS(=O)Cc1ccc(-c2ccc(-c3c(Cc4ccccc4)oc4ccccc34)cc2)cc1)C(=O)O. The second kappa shape index (κ2) is 13.3. The van der Waals surface area contributed by atoms with E-state index in [1.807, 2.05) is 60.7 Å². The van der Waals surface area contributed by atoms with E-state index in [1.165, 1.54) is 5.56 Å². The van der Waals surface area contributed by atoms with Crippen molar-refractivity contribution in [3.63, 3.8) is 0 Å². The molecule has 5 aromatic rings. The molecular formula is C36H35NO6S. The molecule has 0 saturated carbocycles. The van der Waals surface area contributed by atoms with Gasteiger partial charge in [0, 0.05) is 33.9 Å². The Balaban J connectivity index is 1.27. The topological polar surface area (TPSA) is 106 Å². The standard InChI is InChI=1S/C36H35NO6S/c1-36(2,3)43-35(40)37-30(34(38)39)23-44(41)22-25-13-15-26(16-14-25)27-17-19-28(20-18-27)33-29-11-7-8-12-31(29)42-32(33)21-24-9-5-4-6-10-24/h4-20,30H,21-23H2,1-3H3,(H,37,40)(H,38,39).